The number of benzene rings is 1. The van der Waals surface area contributed by atoms with Crippen LogP contribution >= 0.6 is 12.4 Å². The summed E-state index contributed by atoms with van der Waals surface area (Å²) in [6.45, 7) is 3.39. The van der Waals surface area contributed by atoms with Gasteiger partial charge in [-0.3, -0.25) is 0 Å². The van der Waals surface area contributed by atoms with Gasteiger partial charge in [0.1, 0.15) is 0 Å². The Bertz CT molecular complexity index is 332. The average molecular weight is 267 g/mol. The van der Waals surface area contributed by atoms with E-state index in [2.05, 4.69) is 53.1 Å². The van der Waals surface area contributed by atoms with Crippen molar-refractivity contribution in [2.75, 3.05) is 19.6 Å². The molecule has 0 spiro atoms. The molecule has 0 aromatic heterocycles. The quantitative estimate of drug-likeness (QED) is 0.801. The molecule has 1 saturated heterocycles. The molecule has 1 aromatic rings. The minimum atomic E-state index is 0. The highest BCUT2D eigenvalue weighted by atomic mass is 35.5. The van der Waals surface area contributed by atoms with Crippen molar-refractivity contribution in [2.45, 2.75) is 25.3 Å². The Morgan fingerprint density at radius 2 is 2.11 bits per heavy atom. The highest BCUT2D eigenvalue weighted by molar-refractivity contribution is 5.85. The molecule has 1 unspecified atom stereocenters. The van der Waals surface area contributed by atoms with Crippen LogP contribution in [0.4, 0.5) is 0 Å². The number of hydrogen-bond acceptors (Lipinski definition) is 2. The second-order valence-corrected chi connectivity index (χ2v) is 4.60. The van der Waals surface area contributed by atoms with Gasteiger partial charge in [-0.25, -0.2) is 0 Å². The third-order valence-corrected chi connectivity index (χ3v) is 3.15. The maximum absolute atomic E-state index is 3.59. The fourth-order valence-corrected chi connectivity index (χ4v) is 2.18. The Balaban J connectivity index is 0.00000162. The van der Waals surface area contributed by atoms with E-state index < -0.39 is 0 Å². The van der Waals surface area contributed by atoms with Crippen molar-refractivity contribution in [3.05, 3.63) is 42.0 Å². The van der Waals surface area contributed by atoms with Crippen LogP contribution in [0, 0.1) is 0 Å². The fourth-order valence-electron chi connectivity index (χ4n) is 2.18. The van der Waals surface area contributed by atoms with Gasteiger partial charge in [-0.2, -0.15) is 0 Å². The van der Waals surface area contributed by atoms with Crippen LogP contribution < -0.4 is 10.6 Å². The summed E-state index contributed by atoms with van der Waals surface area (Å²) in [5.74, 6) is 0. The molecular weight excluding hydrogens is 244 g/mol. The molecule has 0 aliphatic carbocycles. The van der Waals surface area contributed by atoms with E-state index >= 15 is 0 Å². The number of piperidine rings is 1. The van der Waals surface area contributed by atoms with Gasteiger partial charge < -0.3 is 10.6 Å². The molecule has 2 rings (SSSR count). The van der Waals surface area contributed by atoms with E-state index in [0.717, 1.165) is 19.5 Å². The van der Waals surface area contributed by atoms with Crippen LogP contribution in [0.25, 0.3) is 6.08 Å². The lowest BCUT2D eigenvalue weighted by Gasteiger charge is -2.23. The van der Waals surface area contributed by atoms with Crippen LogP contribution in [0.3, 0.4) is 0 Å². The summed E-state index contributed by atoms with van der Waals surface area (Å²) in [4.78, 5) is 0. The highest BCUT2D eigenvalue weighted by Gasteiger charge is 2.10. The van der Waals surface area contributed by atoms with E-state index in [1.807, 2.05) is 0 Å². The third kappa shape index (κ3) is 5.67. The Morgan fingerprint density at radius 1 is 1.28 bits per heavy atom. The summed E-state index contributed by atoms with van der Waals surface area (Å²) < 4.78 is 0. The normalized spacial score (nSPS) is 19.7. The Morgan fingerprint density at radius 3 is 2.83 bits per heavy atom. The fraction of sp³-hybridized carbons (Fsp3) is 0.467. The van der Waals surface area contributed by atoms with Crippen molar-refractivity contribution in [2.24, 2.45) is 0 Å². The van der Waals surface area contributed by atoms with Crippen molar-refractivity contribution in [1.29, 1.82) is 0 Å². The standard InChI is InChI=1S/C15H22N2.ClH/c1-2-7-14(8-3-1)9-4-5-12-17-15-10-6-11-16-13-15;/h1-4,7-9,15-17H,5-6,10-13H2;1H/b9-4+;. The molecule has 18 heavy (non-hydrogen) atoms. The largest absolute Gasteiger partial charge is 0.315 e. The maximum Gasteiger partial charge on any atom is 0.0193 e. The van der Waals surface area contributed by atoms with Gasteiger partial charge in [0.2, 0.25) is 0 Å². The van der Waals surface area contributed by atoms with Crippen LogP contribution in [0.2, 0.25) is 0 Å². The molecule has 0 amide bonds. The molecule has 3 heteroatoms. The molecule has 1 fully saturated rings. The number of hydrogen-bond donors (Lipinski definition) is 2. The third-order valence-electron chi connectivity index (χ3n) is 3.15. The maximum atomic E-state index is 3.59. The smallest absolute Gasteiger partial charge is 0.0193 e. The monoisotopic (exact) mass is 266 g/mol. The van der Waals surface area contributed by atoms with Gasteiger partial charge in [-0.1, -0.05) is 42.5 Å². The second kappa shape index (κ2) is 9.15. The first-order chi connectivity index (χ1) is 8.45. The molecule has 1 atom stereocenters. The Labute approximate surface area is 116 Å². The van der Waals surface area contributed by atoms with E-state index in [4.69, 9.17) is 0 Å². The summed E-state index contributed by atoms with van der Waals surface area (Å²) in [6, 6.07) is 11.1. The summed E-state index contributed by atoms with van der Waals surface area (Å²) in [5.41, 5.74) is 1.28. The first-order valence-corrected chi connectivity index (χ1v) is 6.61. The molecule has 1 aliphatic heterocycles. The average Bonchev–Trinajstić information content (AvgIpc) is 2.41. The van der Waals surface area contributed by atoms with Crippen LogP contribution in [0.5, 0.6) is 0 Å². The van der Waals surface area contributed by atoms with Crippen molar-refractivity contribution in [3.63, 3.8) is 0 Å². The predicted octanol–water partition coefficient (Wildman–Crippen LogP) is 2.85. The lowest BCUT2D eigenvalue weighted by molar-refractivity contribution is 0.393. The molecule has 1 heterocycles. The van der Waals surface area contributed by atoms with Crippen LogP contribution in [-0.2, 0) is 0 Å². The van der Waals surface area contributed by atoms with Crippen molar-refractivity contribution in [1.82, 2.24) is 10.6 Å². The van der Waals surface area contributed by atoms with Gasteiger partial charge in [0.15, 0.2) is 0 Å². The predicted molar refractivity (Wildman–Crippen MR) is 81.2 cm³/mol. The topological polar surface area (TPSA) is 24.1 Å². The van der Waals surface area contributed by atoms with Crippen LogP contribution in [-0.4, -0.2) is 25.7 Å². The van der Waals surface area contributed by atoms with E-state index in [1.165, 1.54) is 24.9 Å². The molecule has 0 bridgehead atoms. The van der Waals surface area contributed by atoms with Crippen LogP contribution in [0.15, 0.2) is 36.4 Å². The van der Waals surface area contributed by atoms with Gasteiger partial charge in [0, 0.05) is 12.6 Å². The number of nitrogens with one attached hydrogen (secondary N) is 2. The Hall–Kier alpha value is -0.830. The first-order valence-electron chi connectivity index (χ1n) is 6.61. The first kappa shape index (κ1) is 15.2. The molecule has 0 saturated carbocycles. The van der Waals surface area contributed by atoms with E-state index in [-0.39, 0.29) is 12.4 Å². The minimum absolute atomic E-state index is 0. The van der Waals surface area contributed by atoms with Gasteiger partial charge in [0.25, 0.3) is 0 Å². The van der Waals surface area contributed by atoms with Gasteiger partial charge in [0.05, 0.1) is 0 Å². The minimum Gasteiger partial charge on any atom is -0.315 e. The lowest BCUT2D eigenvalue weighted by Crippen LogP contribution is -2.43. The summed E-state index contributed by atoms with van der Waals surface area (Å²) >= 11 is 0. The van der Waals surface area contributed by atoms with E-state index in [0.29, 0.717) is 6.04 Å². The van der Waals surface area contributed by atoms with Gasteiger partial charge >= 0.3 is 0 Å². The van der Waals surface area contributed by atoms with Gasteiger partial charge in [-0.15, -0.1) is 12.4 Å². The number of halogens is 1. The highest BCUT2D eigenvalue weighted by Crippen LogP contribution is 2.03. The van der Waals surface area contributed by atoms with Gasteiger partial charge in [-0.05, 0) is 37.9 Å². The van der Waals surface area contributed by atoms with E-state index in [9.17, 15) is 0 Å². The number of rotatable bonds is 5. The molecule has 0 radical (unpaired) electrons. The zero-order valence-corrected chi connectivity index (χ0v) is 11.6. The van der Waals surface area contributed by atoms with Crippen molar-refractivity contribution in [3.8, 4) is 0 Å². The van der Waals surface area contributed by atoms with Crippen LogP contribution in [0.1, 0.15) is 24.8 Å². The summed E-state index contributed by atoms with van der Waals surface area (Å²) in [7, 11) is 0. The van der Waals surface area contributed by atoms with E-state index in [1.54, 1.807) is 0 Å². The van der Waals surface area contributed by atoms with Crippen molar-refractivity contribution < 1.29 is 0 Å². The Kier molecular flexibility index (Phi) is 7.74. The molecule has 100 valence electrons. The molecule has 2 nitrogen and oxygen atoms in total. The summed E-state index contributed by atoms with van der Waals surface area (Å²) in [5, 5.41) is 7.02. The lowest BCUT2D eigenvalue weighted by atomic mass is 10.1. The second-order valence-electron chi connectivity index (χ2n) is 4.60. The summed E-state index contributed by atoms with van der Waals surface area (Å²) in [6.07, 6.45) is 8.16. The molecular formula is C15H23ClN2. The molecule has 1 aliphatic rings. The SMILES string of the molecule is C(=C\c1ccccc1)/CCNC1CCCNC1.Cl. The molecule has 2 N–H and O–H groups in total. The van der Waals surface area contributed by atoms with Crippen molar-refractivity contribution >= 4 is 18.5 Å². The molecule has 1 aromatic carbocycles. The zero-order chi connectivity index (χ0) is 11.8. The zero-order valence-electron chi connectivity index (χ0n) is 10.8.